The van der Waals surface area contributed by atoms with Crippen molar-refractivity contribution in [3.63, 3.8) is 0 Å². The first-order valence-corrected chi connectivity index (χ1v) is 4.91. The maximum absolute atomic E-state index is 11.4. The topological polar surface area (TPSA) is 43.4 Å². The van der Waals surface area contributed by atoms with Crippen LogP contribution >= 0.6 is 0 Å². The van der Waals surface area contributed by atoms with Gasteiger partial charge in [-0.05, 0) is 18.6 Å². The molecule has 3 heteroatoms. The molecule has 0 saturated carbocycles. The molecular formula is C12H16O3. The van der Waals surface area contributed by atoms with Crippen LogP contribution in [0.5, 0.6) is 0 Å². The predicted molar refractivity (Wildman–Crippen MR) is 57.2 cm³/mol. The second-order valence-electron chi connectivity index (χ2n) is 4.54. The first kappa shape index (κ1) is 11.7. The van der Waals surface area contributed by atoms with Gasteiger partial charge in [-0.25, -0.2) is 4.79 Å². The van der Waals surface area contributed by atoms with Gasteiger partial charge in [0, 0.05) is 17.9 Å². The average Bonchev–Trinajstić information content (AvgIpc) is 2.09. The SMILES string of the molecule is C=CC(=O)OC1C(C)=CC(=O)CC1(C)C. The van der Waals surface area contributed by atoms with Crippen molar-refractivity contribution < 1.29 is 14.3 Å². The average molecular weight is 208 g/mol. The summed E-state index contributed by atoms with van der Waals surface area (Å²) in [7, 11) is 0. The Labute approximate surface area is 89.8 Å². The van der Waals surface area contributed by atoms with Crippen LogP contribution in [0.4, 0.5) is 0 Å². The second kappa shape index (κ2) is 4.01. The Kier molecular flexibility index (Phi) is 3.12. The van der Waals surface area contributed by atoms with Gasteiger partial charge in [0.15, 0.2) is 5.78 Å². The summed E-state index contributed by atoms with van der Waals surface area (Å²) in [5.74, 6) is -0.362. The molecule has 0 fully saturated rings. The minimum absolute atomic E-state index is 0.0865. The molecule has 0 aromatic heterocycles. The van der Waals surface area contributed by atoms with Gasteiger partial charge in [0.05, 0.1) is 0 Å². The lowest BCUT2D eigenvalue weighted by atomic mass is 9.74. The van der Waals surface area contributed by atoms with Crippen LogP contribution in [0.15, 0.2) is 24.3 Å². The van der Waals surface area contributed by atoms with Crippen LogP contribution in [0.25, 0.3) is 0 Å². The van der Waals surface area contributed by atoms with Crippen molar-refractivity contribution in [2.24, 2.45) is 5.41 Å². The van der Waals surface area contributed by atoms with Gasteiger partial charge >= 0.3 is 5.97 Å². The monoisotopic (exact) mass is 208 g/mol. The molecule has 1 aliphatic rings. The van der Waals surface area contributed by atoms with Crippen LogP contribution in [0.2, 0.25) is 0 Å². The number of hydrogen-bond donors (Lipinski definition) is 0. The quantitative estimate of drug-likeness (QED) is 0.515. The lowest BCUT2D eigenvalue weighted by molar-refractivity contribution is -0.148. The molecule has 82 valence electrons. The Morgan fingerprint density at radius 3 is 2.73 bits per heavy atom. The van der Waals surface area contributed by atoms with Crippen LogP contribution in [0.3, 0.4) is 0 Å². The number of allylic oxidation sites excluding steroid dienone is 1. The van der Waals surface area contributed by atoms with Gasteiger partial charge in [0.2, 0.25) is 0 Å². The molecule has 1 aliphatic carbocycles. The molecule has 0 bridgehead atoms. The van der Waals surface area contributed by atoms with Gasteiger partial charge in [0.1, 0.15) is 6.10 Å². The highest BCUT2D eigenvalue weighted by Crippen LogP contribution is 2.36. The van der Waals surface area contributed by atoms with E-state index in [0.29, 0.717) is 6.42 Å². The number of ether oxygens (including phenoxy) is 1. The fourth-order valence-electron chi connectivity index (χ4n) is 1.96. The maximum atomic E-state index is 11.4. The number of hydrogen-bond acceptors (Lipinski definition) is 3. The number of ketones is 1. The van der Waals surface area contributed by atoms with Crippen LogP contribution in [-0.4, -0.2) is 17.9 Å². The Morgan fingerprint density at radius 2 is 2.27 bits per heavy atom. The van der Waals surface area contributed by atoms with E-state index < -0.39 is 5.97 Å². The van der Waals surface area contributed by atoms with Gasteiger partial charge in [-0.3, -0.25) is 4.79 Å². The lowest BCUT2D eigenvalue weighted by Gasteiger charge is -2.36. The summed E-state index contributed by atoms with van der Waals surface area (Å²) in [6, 6.07) is 0. The van der Waals surface area contributed by atoms with E-state index in [1.807, 2.05) is 13.8 Å². The smallest absolute Gasteiger partial charge is 0.330 e. The van der Waals surface area contributed by atoms with E-state index in [4.69, 9.17) is 4.74 Å². The van der Waals surface area contributed by atoms with Crippen molar-refractivity contribution in [2.75, 3.05) is 0 Å². The molecular weight excluding hydrogens is 192 g/mol. The summed E-state index contributed by atoms with van der Waals surface area (Å²) in [5, 5.41) is 0. The molecule has 0 aromatic rings. The first-order valence-electron chi connectivity index (χ1n) is 4.91. The molecule has 0 aliphatic heterocycles. The third-order valence-electron chi connectivity index (χ3n) is 2.54. The zero-order chi connectivity index (χ0) is 11.6. The zero-order valence-corrected chi connectivity index (χ0v) is 9.37. The Balaban J connectivity index is 2.93. The molecule has 1 atom stereocenters. The van der Waals surface area contributed by atoms with Crippen LogP contribution in [-0.2, 0) is 14.3 Å². The van der Waals surface area contributed by atoms with Gasteiger partial charge in [-0.1, -0.05) is 20.4 Å². The molecule has 0 N–H and O–H groups in total. The van der Waals surface area contributed by atoms with Gasteiger partial charge in [-0.2, -0.15) is 0 Å². The summed E-state index contributed by atoms with van der Waals surface area (Å²) < 4.78 is 5.24. The van der Waals surface area contributed by atoms with Gasteiger partial charge in [0.25, 0.3) is 0 Å². The second-order valence-corrected chi connectivity index (χ2v) is 4.54. The number of esters is 1. The Morgan fingerprint density at radius 1 is 1.67 bits per heavy atom. The van der Waals surface area contributed by atoms with Crippen molar-refractivity contribution in [2.45, 2.75) is 33.3 Å². The van der Waals surface area contributed by atoms with E-state index in [2.05, 4.69) is 6.58 Å². The molecule has 0 heterocycles. The molecule has 0 spiro atoms. The summed E-state index contributed by atoms with van der Waals surface area (Å²) in [6.07, 6.45) is 2.76. The summed E-state index contributed by atoms with van der Waals surface area (Å²) in [6.45, 7) is 9.00. The third kappa shape index (κ3) is 2.55. The van der Waals surface area contributed by atoms with Crippen molar-refractivity contribution in [3.8, 4) is 0 Å². The molecule has 3 nitrogen and oxygen atoms in total. The molecule has 0 saturated heterocycles. The third-order valence-corrected chi connectivity index (χ3v) is 2.54. The number of carbonyl (C=O) groups is 2. The van der Waals surface area contributed by atoms with E-state index in [1.54, 1.807) is 13.0 Å². The van der Waals surface area contributed by atoms with E-state index in [9.17, 15) is 9.59 Å². The van der Waals surface area contributed by atoms with Crippen molar-refractivity contribution >= 4 is 11.8 Å². The van der Waals surface area contributed by atoms with Crippen molar-refractivity contribution in [3.05, 3.63) is 24.3 Å². The summed E-state index contributed by atoms with van der Waals surface area (Å²) in [4.78, 5) is 22.5. The fourth-order valence-corrected chi connectivity index (χ4v) is 1.96. The Bertz CT molecular complexity index is 337. The van der Waals surface area contributed by atoms with Crippen LogP contribution < -0.4 is 0 Å². The van der Waals surface area contributed by atoms with E-state index in [1.165, 1.54) is 0 Å². The normalized spacial score (nSPS) is 24.3. The zero-order valence-electron chi connectivity index (χ0n) is 9.37. The first-order chi connectivity index (χ1) is 6.86. The highest BCUT2D eigenvalue weighted by atomic mass is 16.5. The van der Waals surface area contributed by atoms with Crippen LogP contribution in [0, 0.1) is 5.41 Å². The highest BCUT2D eigenvalue weighted by molar-refractivity contribution is 5.92. The lowest BCUT2D eigenvalue weighted by Crippen LogP contribution is -2.39. The van der Waals surface area contributed by atoms with Crippen molar-refractivity contribution in [1.82, 2.24) is 0 Å². The minimum atomic E-state index is -0.449. The molecule has 0 aromatic carbocycles. The minimum Gasteiger partial charge on any atom is -0.454 e. The number of rotatable bonds is 2. The molecule has 1 unspecified atom stereocenters. The molecule has 15 heavy (non-hydrogen) atoms. The van der Waals surface area contributed by atoms with E-state index in [-0.39, 0.29) is 17.3 Å². The standard InChI is InChI=1S/C12H16O3/c1-5-10(14)15-11-8(2)6-9(13)7-12(11,3)4/h5-6,11H,1,7H2,2-4H3. The van der Waals surface area contributed by atoms with Gasteiger partial charge in [-0.15, -0.1) is 0 Å². The van der Waals surface area contributed by atoms with E-state index in [0.717, 1.165) is 11.6 Å². The van der Waals surface area contributed by atoms with Gasteiger partial charge < -0.3 is 4.74 Å². The predicted octanol–water partition coefficient (Wildman–Crippen LogP) is 2.03. The molecule has 0 amide bonds. The number of carbonyl (C=O) groups excluding carboxylic acids is 2. The van der Waals surface area contributed by atoms with Crippen molar-refractivity contribution in [1.29, 1.82) is 0 Å². The summed E-state index contributed by atoms with van der Waals surface area (Å²) in [5.41, 5.74) is 0.459. The molecule has 1 rings (SSSR count). The highest BCUT2D eigenvalue weighted by Gasteiger charge is 2.38. The van der Waals surface area contributed by atoms with Crippen LogP contribution in [0.1, 0.15) is 27.2 Å². The maximum Gasteiger partial charge on any atom is 0.330 e. The summed E-state index contributed by atoms with van der Waals surface area (Å²) >= 11 is 0. The van der Waals surface area contributed by atoms with E-state index >= 15 is 0 Å². The fraction of sp³-hybridized carbons (Fsp3) is 0.500. The largest absolute Gasteiger partial charge is 0.454 e. The molecule has 0 radical (unpaired) electrons. The Hall–Kier alpha value is -1.38.